The van der Waals surface area contributed by atoms with Crippen LogP contribution in [0.25, 0.3) is 0 Å². The Kier molecular flexibility index (Phi) is 6.84. The van der Waals surface area contributed by atoms with E-state index >= 15 is 0 Å². The average Bonchev–Trinajstić information content (AvgIpc) is 3.21. The summed E-state index contributed by atoms with van der Waals surface area (Å²) in [5, 5.41) is 2.62. The summed E-state index contributed by atoms with van der Waals surface area (Å²) < 4.78 is 11.0. The molecule has 1 unspecified atom stereocenters. The third-order valence-corrected chi connectivity index (χ3v) is 4.76. The van der Waals surface area contributed by atoms with Crippen molar-refractivity contribution in [2.45, 2.75) is 26.1 Å². The fourth-order valence-electron chi connectivity index (χ4n) is 3.29. The van der Waals surface area contributed by atoms with Crippen molar-refractivity contribution in [1.29, 1.82) is 0 Å². The van der Waals surface area contributed by atoms with Crippen LogP contribution in [0.1, 0.15) is 28.6 Å². The standard InChI is InChI=1S/C21H27N3O4/c1-16-12-24(9-11-27-16)20(25)15-23(14-19-4-3-10-28-19)13-17-5-7-18(8-6-17)21(26)22-2/h3-8,10,16H,9,11-15H2,1-2H3,(H,22,26). The van der Waals surface area contributed by atoms with E-state index in [1.54, 1.807) is 25.4 Å². The number of carbonyl (C=O) groups is 2. The summed E-state index contributed by atoms with van der Waals surface area (Å²) in [4.78, 5) is 28.4. The summed E-state index contributed by atoms with van der Waals surface area (Å²) in [6.07, 6.45) is 1.70. The van der Waals surface area contributed by atoms with Gasteiger partial charge in [0.15, 0.2) is 0 Å². The highest BCUT2D eigenvalue weighted by Gasteiger charge is 2.23. The largest absolute Gasteiger partial charge is 0.468 e. The molecule has 0 bridgehead atoms. The fourth-order valence-corrected chi connectivity index (χ4v) is 3.29. The molecular weight excluding hydrogens is 358 g/mol. The second-order valence-electron chi connectivity index (χ2n) is 7.02. The molecular formula is C21H27N3O4. The Morgan fingerprint density at radius 3 is 2.64 bits per heavy atom. The lowest BCUT2D eigenvalue weighted by molar-refractivity contribution is -0.139. The number of benzene rings is 1. The van der Waals surface area contributed by atoms with Crippen molar-refractivity contribution in [3.63, 3.8) is 0 Å². The number of morpholine rings is 1. The minimum Gasteiger partial charge on any atom is -0.468 e. The van der Waals surface area contributed by atoms with Gasteiger partial charge in [-0.1, -0.05) is 12.1 Å². The van der Waals surface area contributed by atoms with Gasteiger partial charge in [-0.2, -0.15) is 0 Å². The van der Waals surface area contributed by atoms with Crippen molar-refractivity contribution in [2.24, 2.45) is 0 Å². The van der Waals surface area contributed by atoms with E-state index in [0.29, 0.717) is 44.9 Å². The number of hydrogen-bond acceptors (Lipinski definition) is 5. The van der Waals surface area contributed by atoms with Crippen LogP contribution in [-0.4, -0.2) is 61.0 Å². The van der Waals surface area contributed by atoms with Gasteiger partial charge in [0.1, 0.15) is 5.76 Å². The second kappa shape index (κ2) is 9.52. The molecule has 0 radical (unpaired) electrons. The normalized spacial score (nSPS) is 17.0. The summed E-state index contributed by atoms with van der Waals surface area (Å²) in [6.45, 7) is 5.22. The molecule has 7 heteroatoms. The minimum absolute atomic E-state index is 0.0634. The maximum Gasteiger partial charge on any atom is 0.251 e. The number of ether oxygens (including phenoxy) is 1. The Balaban J connectivity index is 1.68. The average molecular weight is 385 g/mol. The third-order valence-electron chi connectivity index (χ3n) is 4.76. The first-order chi connectivity index (χ1) is 13.5. The molecule has 1 aromatic carbocycles. The zero-order valence-electron chi connectivity index (χ0n) is 16.4. The Bertz CT molecular complexity index is 773. The van der Waals surface area contributed by atoms with Crippen molar-refractivity contribution >= 4 is 11.8 Å². The van der Waals surface area contributed by atoms with Gasteiger partial charge in [-0.3, -0.25) is 14.5 Å². The van der Waals surface area contributed by atoms with E-state index in [1.807, 2.05) is 36.1 Å². The van der Waals surface area contributed by atoms with Gasteiger partial charge in [0, 0.05) is 32.2 Å². The lowest BCUT2D eigenvalue weighted by Crippen LogP contribution is -2.48. The molecule has 1 aliphatic rings. The van der Waals surface area contributed by atoms with E-state index in [4.69, 9.17) is 9.15 Å². The van der Waals surface area contributed by atoms with E-state index < -0.39 is 0 Å². The highest BCUT2D eigenvalue weighted by Crippen LogP contribution is 2.13. The molecule has 1 fully saturated rings. The molecule has 2 heterocycles. The summed E-state index contributed by atoms with van der Waals surface area (Å²) in [7, 11) is 1.61. The van der Waals surface area contributed by atoms with E-state index in [1.165, 1.54) is 0 Å². The van der Waals surface area contributed by atoms with Crippen molar-refractivity contribution < 1.29 is 18.7 Å². The van der Waals surface area contributed by atoms with Crippen molar-refractivity contribution in [3.05, 3.63) is 59.5 Å². The first kappa shape index (κ1) is 20.1. The van der Waals surface area contributed by atoms with E-state index in [2.05, 4.69) is 10.2 Å². The molecule has 7 nitrogen and oxygen atoms in total. The number of carbonyl (C=O) groups excluding carboxylic acids is 2. The fraction of sp³-hybridized carbons (Fsp3) is 0.429. The van der Waals surface area contributed by atoms with Crippen LogP contribution in [0.15, 0.2) is 47.1 Å². The number of nitrogens with one attached hydrogen (secondary N) is 1. The van der Waals surface area contributed by atoms with Crippen LogP contribution >= 0.6 is 0 Å². The first-order valence-electron chi connectivity index (χ1n) is 9.50. The molecule has 1 N–H and O–H groups in total. The highest BCUT2D eigenvalue weighted by molar-refractivity contribution is 5.93. The molecule has 3 rings (SSSR count). The monoisotopic (exact) mass is 385 g/mol. The zero-order valence-corrected chi connectivity index (χ0v) is 16.4. The SMILES string of the molecule is CNC(=O)c1ccc(CN(CC(=O)N2CCOC(C)C2)Cc2ccco2)cc1. The Morgan fingerprint density at radius 2 is 2.00 bits per heavy atom. The van der Waals surface area contributed by atoms with Crippen LogP contribution in [0.2, 0.25) is 0 Å². The van der Waals surface area contributed by atoms with Gasteiger partial charge in [-0.25, -0.2) is 0 Å². The highest BCUT2D eigenvalue weighted by atomic mass is 16.5. The molecule has 1 atom stereocenters. The minimum atomic E-state index is -0.115. The number of hydrogen-bond donors (Lipinski definition) is 1. The van der Waals surface area contributed by atoms with Crippen LogP contribution in [0.5, 0.6) is 0 Å². The second-order valence-corrected chi connectivity index (χ2v) is 7.02. The van der Waals surface area contributed by atoms with E-state index in [-0.39, 0.29) is 17.9 Å². The van der Waals surface area contributed by atoms with Crippen LogP contribution in [0, 0.1) is 0 Å². The smallest absolute Gasteiger partial charge is 0.251 e. The zero-order chi connectivity index (χ0) is 19.9. The topological polar surface area (TPSA) is 75.0 Å². The predicted molar refractivity (Wildman–Crippen MR) is 105 cm³/mol. The van der Waals surface area contributed by atoms with Crippen LogP contribution < -0.4 is 5.32 Å². The van der Waals surface area contributed by atoms with Gasteiger partial charge < -0.3 is 19.4 Å². The molecule has 28 heavy (non-hydrogen) atoms. The molecule has 1 saturated heterocycles. The number of amides is 2. The van der Waals surface area contributed by atoms with Crippen LogP contribution in [0.3, 0.4) is 0 Å². The number of nitrogens with zero attached hydrogens (tertiary/aromatic N) is 2. The van der Waals surface area contributed by atoms with Crippen LogP contribution in [-0.2, 0) is 22.6 Å². The summed E-state index contributed by atoms with van der Waals surface area (Å²) in [5.41, 5.74) is 1.64. The lowest BCUT2D eigenvalue weighted by atomic mass is 10.1. The number of rotatable bonds is 7. The summed E-state index contributed by atoms with van der Waals surface area (Å²) in [6, 6.07) is 11.2. The molecule has 0 saturated carbocycles. The van der Waals surface area contributed by atoms with Gasteiger partial charge in [0.25, 0.3) is 5.91 Å². The van der Waals surface area contributed by atoms with E-state index in [9.17, 15) is 9.59 Å². The van der Waals surface area contributed by atoms with E-state index in [0.717, 1.165) is 11.3 Å². The molecule has 150 valence electrons. The van der Waals surface area contributed by atoms with Gasteiger partial charge in [0.05, 0.1) is 32.1 Å². The molecule has 2 amide bonds. The number of furan rings is 1. The van der Waals surface area contributed by atoms with Crippen molar-refractivity contribution in [2.75, 3.05) is 33.3 Å². The van der Waals surface area contributed by atoms with Crippen LogP contribution in [0.4, 0.5) is 0 Å². The lowest BCUT2D eigenvalue weighted by Gasteiger charge is -2.33. The maximum absolute atomic E-state index is 12.8. The first-order valence-corrected chi connectivity index (χ1v) is 9.50. The third kappa shape index (κ3) is 5.43. The van der Waals surface area contributed by atoms with Gasteiger partial charge in [-0.05, 0) is 36.8 Å². The van der Waals surface area contributed by atoms with Gasteiger partial charge in [0.2, 0.25) is 5.91 Å². The predicted octanol–water partition coefficient (Wildman–Crippen LogP) is 1.89. The summed E-state index contributed by atoms with van der Waals surface area (Å²) in [5.74, 6) is 0.782. The molecule has 1 aromatic heterocycles. The molecule has 0 aliphatic carbocycles. The summed E-state index contributed by atoms with van der Waals surface area (Å²) >= 11 is 0. The Labute approximate surface area is 165 Å². The molecule has 2 aromatic rings. The van der Waals surface area contributed by atoms with Gasteiger partial charge in [-0.15, -0.1) is 0 Å². The molecule has 1 aliphatic heterocycles. The van der Waals surface area contributed by atoms with Gasteiger partial charge >= 0.3 is 0 Å². The quantitative estimate of drug-likeness (QED) is 0.788. The van der Waals surface area contributed by atoms with Crippen molar-refractivity contribution in [1.82, 2.24) is 15.1 Å². The molecule has 0 spiro atoms. The Hall–Kier alpha value is -2.64. The maximum atomic E-state index is 12.8. The Morgan fingerprint density at radius 1 is 1.21 bits per heavy atom. The van der Waals surface area contributed by atoms with Crippen molar-refractivity contribution in [3.8, 4) is 0 Å².